The topological polar surface area (TPSA) is 147 Å². The molecule has 0 amide bonds. The van der Waals surface area contributed by atoms with Gasteiger partial charge < -0.3 is 9.72 Å². The number of nitrogens with one attached hydrogen (secondary N) is 1. The summed E-state index contributed by atoms with van der Waals surface area (Å²) in [6.07, 6.45) is 7.74. The number of nitrogens with zero attached hydrogens (tertiary/aromatic N) is 6. The zero-order chi connectivity index (χ0) is 25.1. The van der Waals surface area contributed by atoms with Crippen molar-refractivity contribution in [1.82, 2.24) is 29.9 Å². The van der Waals surface area contributed by atoms with E-state index in [1.165, 1.54) is 24.0 Å². The van der Waals surface area contributed by atoms with Gasteiger partial charge in [0.2, 0.25) is 0 Å². The Kier molecular flexibility index (Phi) is 6.32. The van der Waals surface area contributed by atoms with Crippen molar-refractivity contribution in [3.05, 3.63) is 72.9 Å². The van der Waals surface area contributed by atoms with Gasteiger partial charge in [0.25, 0.3) is 0 Å². The van der Waals surface area contributed by atoms with Gasteiger partial charge in [0.15, 0.2) is 20.7 Å². The van der Waals surface area contributed by atoms with Gasteiger partial charge in [-0.1, -0.05) is 18.7 Å². The maximum Gasteiger partial charge on any atom is 0.195 e. The lowest BCUT2D eigenvalue weighted by Crippen LogP contribution is -2.05. The van der Waals surface area contributed by atoms with Gasteiger partial charge in [0.1, 0.15) is 28.3 Å². The molecule has 0 unspecified atom stereocenters. The Labute approximate surface area is 210 Å². The van der Waals surface area contributed by atoms with E-state index in [2.05, 4.69) is 36.0 Å². The van der Waals surface area contributed by atoms with E-state index in [-0.39, 0.29) is 10.8 Å². The molecule has 36 heavy (non-hydrogen) atoms. The lowest BCUT2D eigenvalue weighted by atomic mass is 10.3. The Hall–Kier alpha value is -4.34. The maximum absolute atomic E-state index is 12.1. The molecule has 10 nitrogen and oxygen atoms in total. The fraction of sp³-hybridized carbons (Fsp3) is 0.0833. The SMILES string of the molecule is CCS(=O)(=O)c1ccc(Oc2cc3[nH]c(-c4cnccn4)nc3cc2Sc2ncccc2C#N)cn1. The Bertz CT molecular complexity index is 1700. The molecule has 0 spiro atoms. The summed E-state index contributed by atoms with van der Waals surface area (Å²) in [5.41, 5.74) is 2.35. The summed E-state index contributed by atoms with van der Waals surface area (Å²) in [5, 5.41) is 9.99. The number of benzene rings is 1. The highest BCUT2D eigenvalue weighted by Crippen LogP contribution is 2.40. The van der Waals surface area contributed by atoms with Crippen molar-refractivity contribution >= 4 is 32.6 Å². The summed E-state index contributed by atoms with van der Waals surface area (Å²) >= 11 is 1.26. The first-order chi connectivity index (χ1) is 17.5. The summed E-state index contributed by atoms with van der Waals surface area (Å²) in [6.45, 7) is 1.56. The van der Waals surface area contributed by atoms with Crippen LogP contribution in [0.1, 0.15) is 12.5 Å². The number of ether oxygens (including phenoxy) is 1. The fourth-order valence-corrected chi connectivity index (χ4v) is 4.97. The van der Waals surface area contributed by atoms with Crippen LogP contribution in [0.5, 0.6) is 11.5 Å². The van der Waals surface area contributed by atoms with Crippen LogP contribution in [0, 0.1) is 11.3 Å². The Morgan fingerprint density at radius 3 is 2.69 bits per heavy atom. The van der Waals surface area contributed by atoms with Crippen LogP contribution in [0.4, 0.5) is 0 Å². The minimum absolute atomic E-state index is 0.0169. The van der Waals surface area contributed by atoms with Crippen LogP contribution < -0.4 is 4.74 Å². The number of hydrogen-bond donors (Lipinski definition) is 1. The summed E-state index contributed by atoms with van der Waals surface area (Å²) in [7, 11) is -3.43. The first kappa shape index (κ1) is 23.4. The van der Waals surface area contributed by atoms with E-state index in [4.69, 9.17) is 4.74 Å². The second-order valence-corrected chi connectivity index (χ2v) is 10.7. The molecule has 178 valence electrons. The lowest BCUT2D eigenvalue weighted by molar-refractivity contribution is 0.468. The Balaban J connectivity index is 1.57. The second kappa shape index (κ2) is 9.73. The third-order valence-corrected chi connectivity index (χ3v) is 7.78. The van der Waals surface area contributed by atoms with Gasteiger partial charge >= 0.3 is 0 Å². The molecule has 0 bridgehead atoms. The molecular formula is C24H17N7O3S2. The van der Waals surface area contributed by atoms with Crippen LogP contribution >= 0.6 is 11.8 Å². The number of imidazole rings is 1. The zero-order valence-electron chi connectivity index (χ0n) is 18.8. The highest BCUT2D eigenvalue weighted by Gasteiger charge is 2.17. The van der Waals surface area contributed by atoms with Crippen molar-refractivity contribution < 1.29 is 13.2 Å². The summed E-state index contributed by atoms with van der Waals surface area (Å²) in [5.74, 6) is 1.29. The monoisotopic (exact) mass is 515 g/mol. The number of nitriles is 1. The molecule has 0 aliphatic heterocycles. The molecule has 0 saturated carbocycles. The van der Waals surface area contributed by atoms with Crippen LogP contribution in [0.25, 0.3) is 22.6 Å². The van der Waals surface area contributed by atoms with Gasteiger partial charge in [0.05, 0.1) is 39.6 Å². The molecule has 4 heterocycles. The smallest absolute Gasteiger partial charge is 0.195 e. The standard InChI is InChI=1S/C24H17N7O3S2/c1-2-36(32,33)22-6-5-16(13-29-22)34-20-10-17-18(31-23(30-17)19-14-26-8-9-27-19)11-21(20)35-24-15(12-25)4-3-7-28-24/h3-11,13-14H,2H2,1H3,(H,30,31). The lowest BCUT2D eigenvalue weighted by Gasteiger charge is -2.11. The average Bonchev–Trinajstić information content (AvgIpc) is 3.33. The summed E-state index contributed by atoms with van der Waals surface area (Å²) < 4.78 is 30.3. The third-order valence-electron chi connectivity index (χ3n) is 5.09. The van der Waals surface area contributed by atoms with Crippen molar-refractivity contribution in [1.29, 1.82) is 5.26 Å². The minimum atomic E-state index is -3.43. The average molecular weight is 516 g/mol. The number of fused-ring (bicyclic) bond motifs is 1. The van der Waals surface area contributed by atoms with E-state index in [1.807, 2.05) is 6.07 Å². The van der Waals surface area contributed by atoms with Crippen molar-refractivity contribution in [2.45, 2.75) is 21.9 Å². The van der Waals surface area contributed by atoms with E-state index in [1.54, 1.807) is 56.0 Å². The first-order valence-corrected chi connectivity index (χ1v) is 13.1. The van der Waals surface area contributed by atoms with Crippen LogP contribution in [-0.4, -0.2) is 44.1 Å². The van der Waals surface area contributed by atoms with Crippen LogP contribution in [-0.2, 0) is 9.84 Å². The molecule has 0 fully saturated rings. The molecule has 1 aromatic carbocycles. The second-order valence-electron chi connectivity index (χ2n) is 7.40. The van der Waals surface area contributed by atoms with Crippen LogP contribution in [0.3, 0.4) is 0 Å². The molecule has 0 aliphatic carbocycles. The third kappa shape index (κ3) is 4.74. The Morgan fingerprint density at radius 1 is 1.08 bits per heavy atom. The molecule has 5 aromatic rings. The maximum atomic E-state index is 12.1. The van der Waals surface area contributed by atoms with Gasteiger partial charge in [-0.2, -0.15) is 5.26 Å². The summed E-state index contributed by atoms with van der Waals surface area (Å²) in [6, 6.07) is 12.1. The molecule has 4 aromatic heterocycles. The van der Waals surface area contributed by atoms with Gasteiger partial charge in [-0.15, -0.1) is 0 Å². The number of H-pyrrole nitrogens is 1. The van der Waals surface area contributed by atoms with E-state index < -0.39 is 9.84 Å². The molecule has 5 rings (SSSR count). The number of sulfone groups is 1. The molecule has 0 radical (unpaired) electrons. The van der Waals surface area contributed by atoms with Gasteiger partial charge in [-0.25, -0.2) is 28.4 Å². The molecular weight excluding hydrogens is 498 g/mol. The highest BCUT2D eigenvalue weighted by molar-refractivity contribution is 7.99. The first-order valence-electron chi connectivity index (χ1n) is 10.7. The number of rotatable bonds is 7. The number of pyridine rings is 2. The van der Waals surface area contributed by atoms with E-state index >= 15 is 0 Å². The number of aromatic amines is 1. The molecule has 0 saturated heterocycles. The highest BCUT2D eigenvalue weighted by atomic mass is 32.2. The number of hydrogen-bond acceptors (Lipinski definition) is 10. The van der Waals surface area contributed by atoms with Crippen LogP contribution in [0.15, 0.2) is 82.3 Å². The fourth-order valence-electron chi connectivity index (χ4n) is 3.27. The van der Waals surface area contributed by atoms with Gasteiger partial charge in [-0.05, 0) is 30.3 Å². The molecule has 0 atom stereocenters. The predicted molar refractivity (Wildman–Crippen MR) is 132 cm³/mol. The molecule has 1 N–H and O–H groups in total. The van der Waals surface area contributed by atoms with E-state index in [0.29, 0.717) is 49.5 Å². The van der Waals surface area contributed by atoms with E-state index in [9.17, 15) is 13.7 Å². The van der Waals surface area contributed by atoms with Gasteiger partial charge in [-0.3, -0.25) is 4.98 Å². The van der Waals surface area contributed by atoms with Crippen molar-refractivity contribution in [3.8, 4) is 29.1 Å². The predicted octanol–water partition coefficient (Wildman–Crippen LogP) is 4.42. The Morgan fingerprint density at radius 2 is 1.97 bits per heavy atom. The largest absolute Gasteiger partial charge is 0.454 e. The molecule has 12 heteroatoms. The van der Waals surface area contributed by atoms with Gasteiger partial charge in [0, 0.05) is 24.7 Å². The van der Waals surface area contributed by atoms with Crippen molar-refractivity contribution in [2.24, 2.45) is 0 Å². The van der Waals surface area contributed by atoms with Crippen LogP contribution in [0.2, 0.25) is 0 Å². The zero-order valence-corrected chi connectivity index (χ0v) is 20.4. The van der Waals surface area contributed by atoms with Crippen molar-refractivity contribution in [2.75, 3.05) is 5.75 Å². The quantitative estimate of drug-likeness (QED) is 0.330. The normalized spacial score (nSPS) is 11.3. The molecule has 0 aliphatic rings. The summed E-state index contributed by atoms with van der Waals surface area (Å²) in [4.78, 5) is 25.3. The van der Waals surface area contributed by atoms with Crippen molar-refractivity contribution in [3.63, 3.8) is 0 Å². The number of aromatic nitrogens is 6. The minimum Gasteiger partial charge on any atom is -0.454 e. The van der Waals surface area contributed by atoms with E-state index in [0.717, 1.165) is 0 Å².